The molecule has 5 aliphatic rings. The van der Waals surface area contributed by atoms with Gasteiger partial charge in [-0.05, 0) is 6.92 Å². The summed E-state index contributed by atoms with van der Waals surface area (Å²) in [5.74, 6) is 6.88. The molecule has 0 aliphatic carbocycles. The van der Waals surface area contributed by atoms with Crippen LogP contribution in [0.25, 0.3) is 6.08 Å². The molecule has 3 unspecified atom stereocenters. The van der Waals surface area contributed by atoms with Gasteiger partial charge in [-0.25, -0.2) is 0 Å². The number of hydrogen-bond donors (Lipinski definition) is 0. The van der Waals surface area contributed by atoms with E-state index in [9.17, 15) is 10.5 Å². The van der Waals surface area contributed by atoms with Gasteiger partial charge < -0.3 is 0 Å². The van der Waals surface area contributed by atoms with Crippen LogP contribution in [0.3, 0.4) is 0 Å². The van der Waals surface area contributed by atoms with Crippen LogP contribution < -0.4 is 4.90 Å². The molecular weight excluding hydrogens is 661 g/mol. The van der Waals surface area contributed by atoms with Crippen LogP contribution in [0, 0.1) is 28.6 Å². The molecule has 1 aromatic rings. The van der Waals surface area contributed by atoms with Crippen molar-refractivity contribution in [2.75, 3.05) is 50.4 Å². The Kier molecular flexibility index (Phi) is 8.18. The second-order valence-electron chi connectivity index (χ2n) is 14.2. The zero-order valence-electron chi connectivity index (χ0n) is 26.7. The monoisotopic (exact) mass is 707 g/mol. The van der Waals surface area contributed by atoms with Crippen LogP contribution in [-0.2, 0) is 15.6 Å². The van der Waals surface area contributed by atoms with Crippen molar-refractivity contribution in [1.29, 1.82) is 10.5 Å². The number of halogens is 1. The Hall–Kier alpha value is -2.42. The van der Waals surface area contributed by atoms with Crippen molar-refractivity contribution >= 4 is 41.6 Å². The third-order valence-electron chi connectivity index (χ3n) is 10.4. The van der Waals surface area contributed by atoms with Gasteiger partial charge in [0.1, 0.15) is 0 Å². The molecule has 6 heteroatoms. The maximum absolute atomic E-state index is 9.63. The van der Waals surface area contributed by atoms with Crippen molar-refractivity contribution < 1.29 is 4.74 Å². The topological polar surface area (TPSA) is 60.0 Å². The first-order valence-corrected chi connectivity index (χ1v) is 22.8. The molecule has 0 saturated carbocycles. The minimum absolute atomic E-state index is 0.129. The average Bonchev–Trinajstić information content (AvgIpc) is 3.49. The summed E-state index contributed by atoms with van der Waals surface area (Å²) < 4.78 is 8.64. The van der Waals surface area contributed by atoms with Gasteiger partial charge in [-0.2, -0.15) is 0 Å². The molecule has 0 N–H and O–H groups in total. The summed E-state index contributed by atoms with van der Waals surface area (Å²) in [5.41, 5.74) is 8.61. The number of fused-ring (bicyclic) bond motifs is 2. The summed E-state index contributed by atoms with van der Waals surface area (Å²) >= 11 is -1.52. The number of nitriles is 2. The van der Waals surface area contributed by atoms with Gasteiger partial charge in [0.05, 0.1) is 0 Å². The fraction of sp³-hybridized carbons (Fsp3) is 0.514. The average molecular weight is 708 g/mol. The molecule has 0 radical (unpaired) electrons. The Morgan fingerprint density at radius 3 is 2.63 bits per heavy atom. The number of benzene rings is 1. The van der Waals surface area contributed by atoms with E-state index in [-0.39, 0.29) is 16.4 Å². The summed E-state index contributed by atoms with van der Waals surface area (Å²) in [6.45, 7) is 14.4. The zero-order valence-corrected chi connectivity index (χ0v) is 29.7. The number of rotatable bonds is 6. The van der Waals surface area contributed by atoms with Crippen molar-refractivity contribution in [3.63, 3.8) is 0 Å². The molecule has 4 nitrogen and oxygen atoms in total. The van der Waals surface area contributed by atoms with Gasteiger partial charge in [0.15, 0.2) is 0 Å². The molecule has 6 rings (SSSR count). The normalized spacial score (nSPS) is 30.3. The summed E-state index contributed by atoms with van der Waals surface area (Å²) in [5, 5.41) is 19.3. The van der Waals surface area contributed by atoms with Gasteiger partial charge >= 0.3 is 251 Å². The van der Waals surface area contributed by atoms with E-state index in [1.54, 1.807) is 11.1 Å². The van der Waals surface area contributed by atoms with Gasteiger partial charge in [0.25, 0.3) is 0 Å². The van der Waals surface area contributed by atoms with Crippen LogP contribution in [0.4, 0.5) is 5.69 Å². The fourth-order valence-electron chi connectivity index (χ4n) is 7.92. The molecule has 0 aromatic heterocycles. The third kappa shape index (κ3) is 5.53. The first kappa shape index (κ1) is 30.6. The van der Waals surface area contributed by atoms with Crippen molar-refractivity contribution in [3.05, 3.63) is 79.4 Å². The van der Waals surface area contributed by atoms with Crippen LogP contribution in [0.15, 0.2) is 62.7 Å². The standard InChI is InChI=1S/C37H46IN3OS/c1-7-8-13-38(6)34-19-28(29(20-39)21-40)18-31(42-34)10-9-27-16-32-35-33(17-27)37(5)25-43(15-11-26(2)23-43)24-30(37)22-41(35)14-12-36(32,3)4/h9-11,16-19,30H,7-8,12-15,22-25H2,1-6H3/b10-9+. The number of allylic oxidation sites excluding steroid dienone is 5. The number of anilines is 1. The van der Waals surface area contributed by atoms with Gasteiger partial charge in [0.2, 0.25) is 0 Å². The molecule has 43 heavy (non-hydrogen) atoms. The molecule has 0 amide bonds. The Balaban J connectivity index is 1.39. The number of nitrogens with zero attached hydrogens (tertiary/aromatic N) is 3. The van der Waals surface area contributed by atoms with Crippen LogP contribution in [0.2, 0.25) is 0 Å². The van der Waals surface area contributed by atoms with Crippen LogP contribution >= 0.6 is 29.8 Å². The van der Waals surface area contributed by atoms with Crippen molar-refractivity contribution in [3.8, 4) is 12.1 Å². The molecule has 1 saturated heterocycles. The molecule has 5 heterocycles. The predicted octanol–water partition coefficient (Wildman–Crippen LogP) is 8.89. The van der Waals surface area contributed by atoms with Gasteiger partial charge in [-0.1, -0.05) is 11.6 Å². The Labute approximate surface area is 267 Å². The Bertz CT molecular complexity index is 1570. The molecule has 228 valence electrons. The number of ether oxygens (including phenoxy) is 1. The summed E-state index contributed by atoms with van der Waals surface area (Å²) in [7, 11) is -0.621. The predicted molar refractivity (Wildman–Crippen MR) is 192 cm³/mol. The van der Waals surface area contributed by atoms with Crippen molar-refractivity contribution in [1.82, 2.24) is 0 Å². The van der Waals surface area contributed by atoms with E-state index >= 15 is 0 Å². The summed E-state index contributed by atoms with van der Waals surface area (Å²) in [6.07, 6.45) is 14.2. The third-order valence-corrected chi connectivity index (χ3v) is 19.4. The maximum atomic E-state index is 9.63. The molecule has 0 bridgehead atoms. The molecule has 5 aliphatic heterocycles. The fourth-order valence-corrected chi connectivity index (χ4v) is 17.3. The van der Waals surface area contributed by atoms with E-state index in [0.29, 0.717) is 5.57 Å². The van der Waals surface area contributed by atoms with E-state index in [1.807, 2.05) is 12.2 Å². The summed E-state index contributed by atoms with van der Waals surface area (Å²) in [6, 6.07) is 9.12. The van der Waals surface area contributed by atoms with E-state index in [2.05, 4.69) is 86.9 Å². The van der Waals surface area contributed by atoms with E-state index < -0.39 is 29.8 Å². The SMILES string of the molecule is CCCCI(C)C1=CC(=C(C#N)C#N)C=C(/C=C/c2cc3c4c(c2)C2(C)CS5(CC=C(C)C5)CC2CN4CCC3(C)C)O1. The quantitative estimate of drug-likeness (QED) is 0.128. The number of alkyl halides is 2. The minimum atomic E-state index is -1.52. The van der Waals surface area contributed by atoms with Gasteiger partial charge in [-0.3, -0.25) is 0 Å². The molecular formula is C37H46IN3OS. The van der Waals surface area contributed by atoms with Gasteiger partial charge in [0, 0.05) is 0 Å². The van der Waals surface area contributed by atoms with Gasteiger partial charge in [-0.15, -0.1) is 0 Å². The van der Waals surface area contributed by atoms with Crippen LogP contribution in [-0.4, -0.2) is 45.5 Å². The van der Waals surface area contributed by atoms with E-state index in [4.69, 9.17) is 4.74 Å². The second kappa shape index (κ2) is 11.5. The zero-order chi connectivity index (χ0) is 30.6. The van der Waals surface area contributed by atoms with E-state index in [0.717, 1.165) is 28.4 Å². The molecule has 1 spiro atoms. The van der Waals surface area contributed by atoms with Crippen LogP contribution in [0.5, 0.6) is 0 Å². The van der Waals surface area contributed by atoms with Crippen molar-refractivity contribution in [2.24, 2.45) is 5.92 Å². The van der Waals surface area contributed by atoms with E-state index in [1.165, 1.54) is 63.6 Å². The first-order valence-electron chi connectivity index (χ1n) is 15.7. The number of unbranched alkanes of at least 4 members (excludes halogenated alkanes) is 1. The molecule has 1 fully saturated rings. The molecule has 1 aromatic carbocycles. The Morgan fingerprint density at radius 1 is 1.16 bits per heavy atom. The number of hydrogen-bond acceptors (Lipinski definition) is 4. The Morgan fingerprint density at radius 2 is 1.93 bits per heavy atom. The van der Waals surface area contributed by atoms with Crippen molar-refractivity contribution in [2.45, 2.75) is 64.7 Å². The second-order valence-corrected chi connectivity index (χ2v) is 23.4. The molecule has 3 atom stereocenters. The summed E-state index contributed by atoms with van der Waals surface area (Å²) in [4.78, 5) is 5.06. The first-order chi connectivity index (χ1) is 20.5. The van der Waals surface area contributed by atoms with Crippen LogP contribution in [0.1, 0.15) is 70.6 Å².